The third kappa shape index (κ3) is 5.12. The number of likely N-dealkylation sites (tertiary alicyclic amines) is 1. The van der Waals surface area contributed by atoms with E-state index in [9.17, 15) is 9.59 Å². The van der Waals surface area contributed by atoms with Crippen LogP contribution in [0.1, 0.15) is 50.8 Å². The third-order valence-corrected chi connectivity index (χ3v) is 7.93. The predicted molar refractivity (Wildman–Crippen MR) is 137 cm³/mol. The number of benzene rings is 2. The molecule has 2 aromatic carbocycles. The Kier molecular flexibility index (Phi) is 7.03. The van der Waals surface area contributed by atoms with Crippen molar-refractivity contribution < 1.29 is 28.5 Å². The van der Waals surface area contributed by atoms with Gasteiger partial charge in [-0.2, -0.15) is 0 Å². The van der Waals surface area contributed by atoms with Gasteiger partial charge in [0.1, 0.15) is 18.2 Å². The van der Waals surface area contributed by atoms with E-state index in [0.29, 0.717) is 13.1 Å². The van der Waals surface area contributed by atoms with Crippen molar-refractivity contribution in [2.45, 2.75) is 64.1 Å². The molecule has 5 atom stereocenters. The molecule has 0 aromatic heterocycles. The minimum Gasteiger partial charge on any atom is -0.493 e. The first-order chi connectivity index (χ1) is 17.8. The molecule has 5 rings (SSSR count). The number of amides is 2. The van der Waals surface area contributed by atoms with Crippen LogP contribution < -0.4 is 14.8 Å². The number of rotatable bonds is 5. The second-order valence-electron chi connectivity index (χ2n) is 10.8. The number of methoxy groups -OCH3 is 1. The summed E-state index contributed by atoms with van der Waals surface area (Å²) in [6.45, 7) is 7.25. The molecule has 198 valence electrons. The van der Waals surface area contributed by atoms with E-state index in [1.165, 1.54) is 0 Å². The normalized spacial score (nSPS) is 26.4. The number of carbonyl (C=O) groups is 2. The minimum absolute atomic E-state index is 0.0670. The Morgan fingerprint density at radius 1 is 1.16 bits per heavy atom. The third-order valence-electron chi connectivity index (χ3n) is 7.93. The summed E-state index contributed by atoms with van der Waals surface area (Å²) in [4.78, 5) is 27.3. The van der Waals surface area contributed by atoms with Crippen LogP contribution in [0.15, 0.2) is 48.5 Å². The number of ether oxygens (including phenoxy) is 4. The van der Waals surface area contributed by atoms with E-state index in [-0.39, 0.29) is 36.6 Å². The molecule has 3 heterocycles. The maximum atomic E-state index is 13.2. The van der Waals surface area contributed by atoms with Crippen molar-refractivity contribution in [3.05, 3.63) is 59.7 Å². The van der Waals surface area contributed by atoms with Gasteiger partial charge in [-0.25, -0.2) is 4.79 Å². The van der Waals surface area contributed by atoms with Gasteiger partial charge in [-0.05, 0) is 45.2 Å². The summed E-state index contributed by atoms with van der Waals surface area (Å²) in [5.74, 6) is 1.73. The summed E-state index contributed by atoms with van der Waals surface area (Å²) in [7, 11) is 1.65. The van der Waals surface area contributed by atoms with Crippen molar-refractivity contribution in [1.29, 1.82) is 0 Å². The molecule has 0 spiro atoms. The number of piperidine rings is 1. The summed E-state index contributed by atoms with van der Waals surface area (Å²) >= 11 is 0. The van der Waals surface area contributed by atoms with Crippen molar-refractivity contribution in [2.24, 2.45) is 11.8 Å². The fourth-order valence-corrected chi connectivity index (χ4v) is 5.93. The fraction of sp³-hybridized carbons (Fsp3) is 0.517. The van der Waals surface area contributed by atoms with Crippen LogP contribution in [0.4, 0.5) is 4.79 Å². The molecule has 0 unspecified atom stereocenters. The van der Waals surface area contributed by atoms with Crippen molar-refractivity contribution in [2.75, 3.05) is 20.2 Å². The van der Waals surface area contributed by atoms with E-state index in [4.69, 9.17) is 18.9 Å². The van der Waals surface area contributed by atoms with E-state index in [0.717, 1.165) is 35.5 Å². The zero-order valence-corrected chi connectivity index (χ0v) is 21.9. The van der Waals surface area contributed by atoms with Crippen LogP contribution in [0.3, 0.4) is 0 Å². The average molecular weight is 509 g/mol. The molecule has 2 saturated heterocycles. The Bertz CT molecular complexity index is 1140. The van der Waals surface area contributed by atoms with Crippen LogP contribution in [-0.2, 0) is 20.9 Å². The first-order valence-electron chi connectivity index (χ1n) is 13.0. The van der Waals surface area contributed by atoms with Gasteiger partial charge in [0.25, 0.3) is 0 Å². The summed E-state index contributed by atoms with van der Waals surface area (Å²) in [6.07, 6.45) is 1.04. The van der Waals surface area contributed by atoms with Crippen molar-refractivity contribution in [3.8, 4) is 11.5 Å². The molecular formula is C29H36N2O6. The van der Waals surface area contributed by atoms with Crippen molar-refractivity contribution in [3.63, 3.8) is 0 Å². The fourth-order valence-electron chi connectivity index (χ4n) is 5.93. The SMILES string of the molecule is COc1cccc2c1OC(C)(C)[C@H]1C[C@@H]3CN(C(=O)[C@H](C)NC(=O)OCc4ccccc4)CC[C@@H]3O[C@H]21. The molecular weight excluding hydrogens is 472 g/mol. The zero-order valence-electron chi connectivity index (χ0n) is 21.9. The molecule has 0 aliphatic carbocycles. The molecule has 1 N–H and O–H groups in total. The Morgan fingerprint density at radius 2 is 1.95 bits per heavy atom. The smallest absolute Gasteiger partial charge is 0.408 e. The Balaban J connectivity index is 1.21. The van der Waals surface area contributed by atoms with E-state index in [1.807, 2.05) is 47.4 Å². The van der Waals surface area contributed by atoms with Crippen LogP contribution >= 0.6 is 0 Å². The molecule has 2 aromatic rings. The van der Waals surface area contributed by atoms with Crippen LogP contribution in [0, 0.1) is 11.8 Å². The second-order valence-corrected chi connectivity index (χ2v) is 10.8. The monoisotopic (exact) mass is 508 g/mol. The van der Waals surface area contributed by atoms with Gasteiger partial charge in [0.15, 0.2) is 11.5 Å². The lowest BCUT2D eigenvalue weighted by molar-refractivity contribution is -0.189. The van der Waals surface area contributed by atoms with Crippen LogP contribution in [0.25, 0.3) is 0 Å². The Morgan fingerprint density at radius 3 is 2.70 bits per heavy atom. The van der Waals surface area contributed by atoms with Crippen LogP contribution in [0.5, 0.6) is 11.5 Å². The topological polar surface area (TPSA) is 86.3 Å². The van der Waals surface area contributed by atoms with Gasteiger partial charge in [0, 0.05) is 30.5 Å². The number of hydrogen-bond acceptors (Lipinski definition) is 6. The number of carbonyl (C=O) groups excluding carboxylic acids is 2. The molecule has 3 aliphatic rings. The highest BCUT2D eigenvalue weighted by Crippen LogP contribution is 2.55. The van der Waals surface area contributed by atoms with Gasteiger partial charge in [0.05, 0.1) is 19.3 Å². The molecule has 3 aliphatic heterocycles. The van der Waals surface area contributed by atoms with Gasteiger partial charge in [0.2, 0.25) is 5.91 Å². The quantitative estimate of drug-likeness (QED) is 0.641. The van der Waals surface area contributed by atoms with E-state index < -0.39 is 17.7 Å². The molecule has 8 heteroatoms. The number of nitrogens with one attached hydrogen (secondary N) is 1. The molecule has 0 bridgehead atoms. The van der Waals surface area contributed by atoms with Gasteiger partial charge >= 0.3 is 6.09 Å². The molecule has 2 amide bonds. The van der Waals surface area contributed by atoms with Crippen molar-refractivity contribution in [1.82, 2.24) is 10.2 Å². The number of fused-ring (bicyclic) bond motifs is 4. The predicted octanol–water partition coefficient (Wildman–Crippen LogP) is 4.48. The average Bonchev–Trinajstić information content (AvgIpc) is 2.90. The second kappa shape index (κ2) is 10.2. The summed E-state index contributed by atoms with van der Waals surface area (Å²) < 4.78 is 24.0. The van der Waals surface area contributed by atoms with Gasteiger partial charge < -0.3 is 29.2 Å². The standard InChI is InChI=1S/C29H36N2O6/c1-18(30-28(33)35-17-19-9-6-5-7-10-19)27(32)31-14-13-23-20(16-31)15-22-25(36-23)21-11-8-12-24(34-4)26(21)37-29(22,2)3/h5-12,18,20,22-23,25H,13-17H2,1-4H3,(H,30,33)/t18-,20+,22-,23-,25+/m0/s1. The highest BCUT2D eigenvalue weighted by molar-refractivity contribution is 5.85. The van der Waals surface area contributed by atoms with E-state index >= 15 is 0 Å². The molecule has 0 radical (unpaired) electrons. The van der Waals surface area contributed by atoms with Crippen LogP contribution in [-0.4, -0.2) is 54.8 Å². The lowest BCUT2D eigenvalue weighted by Crippen LogP contribution is -2.57. The maximum absolute atomic E-state index is 13.2. The molecule has 8 nitrogen and oxygen atoms in total. The number of nitrogens with zero attached hydrogens (tertiary/aromatic N) is 1. The first-order valence-corrected chi connectivity index (χ1v) is 13.0. The summed E-state index contributed by atoms with van der Waals surface area (Å²) in [5, 5.41) is 2.68. The summed E-state index contributed by atoms with van der Waals surface area (Å²) in [6, 6.07) is 14.7. The number of para-hydroxylation sites is 1. The number of hydrogen-bond donors (Lipinski definition) is 1. The largest absolute Gasteiger partial charge is 0.493 e. The molecule has 37 heavy (non-hydrogen) atoms. The maximum Gasteiger partial charge on any atom is 0.408 e. The van der Waals surface area contributed by atoms with Crippen molar-refractivity contribution >= 4 is 12.0 Å². The lowest BCUT2D eigenvalue weighted by atomic mass is 9.70. The van der Waals surface area contributed by atoms with Crippen LogP contribution in [0.2, 0.25) is 0 Å². The minimum atomic E-state index is -0.675. The van der Waals surface area contributed by atoms with E-state index in [2.05, 4.69) is 25.2 Å². The highest BCUT2D eigenvalue weighted by Gasteiger charge is 2.52. The zero-order chi connectivity index (χ0) is 26.2. The number of alkyl carbamates (subject to hydrolysis) is 1. The van der Waals surface area contributed by atoms with E-state index in [1.54, 1.807) is 14.0 Å². The lowest BCUT2D eigenvalue weighted by Gasteiger charge is -2.53. The molecule has 0 saturated carbocycles. The Hall–Kier alpha value is -3.26. The van der Waals surface area contributed by atoms with Gasteiger partial charge in [-0.15, -0.1) is 0 Å². The molecule has 2 fully saturated rings. The van der Waals surface area contributed by atoms with Gasteiger partial charge in [-0.1, -0.05) is 42.5 Å². The summed E-state index contributed by atoms with van der Waals surface area (Å²) in [5.41, 5.74) is 1.48. The Labute approximate surface area is 218 Å². The highest BCUT2D eigenvalue weighted by atomic mass is 16.6. The first kappa shape index (κ1) is 25.4. The van der Waals surface area contributed by atoms with Gasteiger partial charge in [-0.3, -0.25) is 4.79 Å².